The fourth-order valence-electron chi connectivity index (χ4n) is 3.68. The molecule has 1 fully saturated rings. The van der Waals surface area contributed by atoms with Crippen molar-refractivity contribution in [2.24, 2.45) is 0 Å². The van der Waals surface area contributed by atoms with Crippen LogP contribution in [0.4, 0.5) is 5.69 Å². The Morgan fingerprint density at radius 3 is 2.79 bits per heavy atom. The van der Waals surface area contributed by atoms with Gasteiger partial charge in [0, 0.05) is 6.04 Å². The maximum absolute atomic E-state index is 12.5. The van der Waals surface area contributed by atoms with Crippen LogP contribution in [0.25, 0.3) is 10.7 Å². The number of hydrogen-bond donors (Lipinski definition) is 1. The van der Waals surface area contributed by atoms with E-state index in [2.05, 4.69) is 31.5 Å². The van der Waals surface area contributed by atoms with Crippen LogP contribution in [0.15, 0.2) is 46.9 Å². The summed E-state index contributed by atoms with van der Waals surface area (Å²) >= 11 is 3.11. The lowest BCUT2D eigenvalue weighted by Gasteiger charge is -2.25. The molecule has 0 unspecified atom stereocenters. The summed E-state index contributed by atoms with van der Waals surface area (Å²) in [5.41, 5.74) is 0.675. The number of thiophene rings is 1. The molecule has 2 aromatic heterocycles. The number of ether oxygens (including phenoxy) is 1. The van der Waals surface area contributed by atoms with Crippen molar-refractivity contribution in [2.45, 2.75) is 43.3 Å². The summed E-state index contributed by atoms with van der Waals surface area (Å²) in [5, 5.41) is 14.7. The number of anilines is 1. The van der Waals surface area contributed by atoms with E-state index in [4.69, 9.17) is 4.74 Å². The van der Waals surface area contributed by atoms with E-state index >= 15 is 0 Å². The van der Waals surface area contributed by atoms with Crippen LogP contribution in [-0.4, -0.2) is 33.5 Å². The minimum atomic E-state index is -0.0876. The summed E-state index contributed by atoms with van der Waals surface area (Å²) in [6, 6.07) is 11.9. The first-order chi connectivity index (χ1) is 14.3. The lowest BCUT2D eigenvalue weighted by atomic mass is 9.95. The van der Waals surface area contributed by atoms with Gasteiger partial charge < -0.3 is 10.1 Å². The Morgan fingerprint density at radius 1 is 1.21 bits per heavy atom. The molecule has 2 heterocycles. The van der Waals surface area contributed by atoms with Crippen LogP contribution in [0.2, 0.25) is 0 Å². The zero-order chi connectivity index (χ0) is 20.1. The molecule has 1 aliphatic rings. The van der Waals surface area contributed by atoms with Crippen molar-refractivity contribution in [2.75, 3.05) is 18.2 Å². The lowest BCUT2D eigenvalue weighted by Crippen LogP contribution is -2.17. The van der Waals surface area contributed by atoms with Crippen LogP contribution >= 0.6 is 23.1 Å². The van der Waals surface area contributed by atoms with E-state index in [9.17, 15) is 4.79 Å². The van der Waals surface area contributed by atoms with E-state index in [0.29, 0.717) is 17.5 Å². The molecule has 8 heteroatoms. The summed E-state index contributed by atoms with van der Waals surface area (Å²) < 4.78 is 7.56. The van der Waals surface area contributed by atoms with Gasteiger partial charge >= 0.3 is 0 Å². The number of carbonyl (C=O) groups is 1. The molecule has 1 aliphatic carbocycles. The molecule has 0 radical (unpaired) electrons. The Morgan fingerprint density at radius 2 is 2.03 bits per heavy atom. The molecule has 0 saturated heterocycles. The Bertz CT molecular complexity index is 950. The molecule has 4 rings (SSSR count). The topological polar surface area (TPSA) is 69.0 Å². The zero-order valence-corrected chi connectivity index (χ0v) is 18.0. The van der Waals surface area contributed by atoms with Gasteiger partial charge in [-0.15, -0.1) is 21.5 Å². The maximum atomic E-state index is 12.5. The molecule has 3 aromatic rings. The van der Waals surface area contributed by atoms with E-state index in [1.165, 1.54) is 31.0 Å². The quantitative estimate of drug-likeness (QED) is 0.521. The number of nitrogens with one attached hydrogen (secondary N) is 1. The van der Waals surface area contributed by atoms with E-state index in [1.54, 1.807) is 18.4 Å². The third kappa shape index (κ3) is 4.64. The number of rotatable bonds is 7. The highest BCUT2D eigenvalue weighted by Gasteiger charge is 2.24. The molecule has 1 amide bonds. The average molecular weight is 429 g/mol. The van der Waals surface area contributed by atoms with Gasteiger partial charge in [0.1, 0.15) is 5.75 Å². The number of aromatic nitrogens is 3. The summed E-state index contributed by atoms with van der Waals surface area (Å²) in [4.78, 5) is 13.7. The molecular weight excluding hydrogens is 404 g/mol. The van der Waals surface area contributed by atoms with Gasteiger partial charge in [0.25, 0.3) is 0 Å². The molecule has 0 aliphatic heterocycles. The standard InChI is InChI=1S/C21H24N4O2S2/c1-27-17-11-6-5-10-16(17)22-19(26)14-29-21-24-23-20(18-12-7-13-28-18)25(21)15-8-3-2-4-9-15/h5-7,10-13,15H,2-4,8-9,14H2,1H3,(H,22,26). The van der Waals surface area contributed by atoms with Gasteiger partial charge in [-0.3, -0.25) is 9.36 Å². The number of carbonyl (C=O) groups excluding carboxylic acids is 1. The second-order valence-electron chi connectivity index (χ2n) is 6.98. The second kappa shape index (κ2) is 9.45. The third-order valence-corrected chi connectivity index (χ3v) is 6.87. The average Bonchev–Trinajstić information content (AvgIpc) is 3.43. The van der Waals surface area contributed by atoms with Gasteiger partial charge in [-0.1, -0.05) is 49.2 Å². The molecule has 1 saturated carbocycles. The first-order valence-corrected chi connectivity index (χ1v) is 11.7. The first kappa shape index (κ1) is 20.0. The van der Waals surface area contributed by atoms with Crippen LogP contribution in [0.5, 0.6) is 5.75 Å². The van der Waals surface area contributed by atoms with Crippen molar-refractivity contribution in [3.05, 3.63) is 41.8 Å². The molecular formula is C21H24N4O2S2. The minimum Gasteiger partial charge on any atom is -0.495 e. The number of benzene rings is 1. The van der Waals surface area contributed by atoms with Crippen LogP contribution in [0, 0.1) is 0 Å². The van der Waals surface area contributed by atoms with Crippen molar-refractivity contribution in [1.29, 1.82) is 0 Å². The molecule has 6 nitrogen and oxygen atoms in total. The second-order valence-corrected chi connectivity index (χ2v) is 8.87. The Hall–Kier alpha value is -2.32. The van der Waals surface area contributed by atoms with Crippen molar-refractivity contribution < 1.29 is 9.53 Å². The molecule has 0 atom stereocenters. The summed E-state index contributed by atoms with van der Waals surface area (Å²) in [5.74, 6) is 1.75. The summed E-state index contributed by atoms with van der Waals surface area (Å²) in [6.07, 6.45) is 6.02. The zero-order valence-electron chi connectivity index (χ0n) is 16.3. The molecule has 1 aromatic carbocycles. The van der Waals surface area contributed by atoms with Crippen molar-refractivity contribution in [1.82, 2.24) is 14.8 Å². The molecule has 0 bridgehead atoms. The Labute approximate surface area is 178 Å². The number of amides is 1. The SMILES string of the molecule is COc1ccccc1NC(=O)CSc1nnc(-c2cccs2)n1C1CCCCC1. The Kier molecular flexibility index (Phi) is 6.51. The molecule has 1 N–H and O–H groups in total. The normalized spacial score (nSPS) is 14.7. The predicted octanol–water partition coefficient (Wildman–Crippen LogP) is 5.25. The van der Waals surface area contributed by atoms with Gasteiger partial charge in [0.05, 0.1) is 23.4 Å². The first-order valence-electron chi connectivity index (χ1n) is 9.80. The number of thioether (sulfide) groups is 1. The fraction of sp³-hybridized carbons (Fsp3) is 0.381. The van der Waals surface area contributed by atoms with Gasteiger partial charge in [-0.05, 0) is 36.4 Å². The number of hydrogen-bond acceptors (Lipinski definition) is 6. The van der Waals surface area contributed by atoms with Gasteiger partial charge in [0.15, 0.2) is 11.0 Å². The van der Waals surface area contributed by atoms with Gasteiger partial charge in [0.2, 0.25) is 5.91 Å². The predicted molar refractivity (Wildman–Crippen MR) is 118 cm³/mol. The highest BCUT2D eigenvalue weighted by atomic mass is 32.2. The van der Waals surface area contributed by atoms with Crippen LogP contribution in [0.1, 0.15) is 38.1 Å². The molecule has 152 valence electrons. The van der Waals surface area contributed by atoms with Crippen molar-refractivity contribution in [3.8, 4) is 16.5 Å². The van der Waals surface area contributed by atoms with Crippen molar-refractivity contribution >= 4 is 34.7 Å². The smallest absolute Gasteiger partial charge is 0.234 e. The lowest BCUT2D eigenvalue weighted by molar-refractivity contribution is -0.113. The van der Waals surface area contributed by atoms with Crippen LogP contribution < -0.4 is 10.1 Å². The van der Waals surface area contributed by atoms with Crippen molar-refractivity contribution in [3.63, 3.8) is 0 Å². The monoisotopic (exact) mass is 428 g/mol. The van der Waals surface area contributed by atoms with E-state index in [1.807, 2.05) is 30.3 Å². The van der Waals surface area contributed by atoms with Crippen LogP contribution in [-0.2, 0) is 4.79 Å². The summed E-state index contributed by atoms with van der Waals surface area (Å²) in [6.45, 7) is 0. The molecule has 29 heavy (non-hydrogen) atoms. The maximum Gasteiger partial charge on any atom is 0.234 e. The Balaban J connectivity index is 1.50. The number of nitrogens with zero attached hydrogens (tertiary/aromatic N) is 3. The van der Waals surface area contributed by atoms with E-state index in [-0.39, 0.29) is 11.7 Å². The molecule has 0 spiro atoms. The van der Waals surface area contributed by atoms with E-state index in [0.717, 1.165) is 28.7 Å². The number of methoxy groups -OCH3 is 1. The highest BCUT2D eigenvalue weighted by Crippen LogP contribution is 2.36. The third-order valence-electron chi connectivity index (χ3n) is 5.06. The van der Waals surface area contributed by atoms with Gasteiger partial charge in [-0.2, -0.15) is 0 Å². The van der Waals surface area contributed by atoms with Crippen LogP contribution in [0.3, 0.4) is 0 Å². The van der Waals surface area contributed by atoms with E-state index < -0.39 is 0 Å². The summed E-state index contributed by atoms with van der Waals surface area (Å²) in [7, 11) is 1.60. The largest absolute Gasteiger partial charge is 0.495 e. The van der Waals surface area contributed by atoms with Gasteiger partial charge in [-0.25, -0.2) is 0 Å². The number of para-hydroxylation sites is 2. The fourth-order valence-corrected chi connectivity index (χ4v) is 5.19. The highest BCUT2D eigenvalue weighted by molar-refractivity contribution is 7.99. The minimum absolute atomic E-state index is 0.0876.